The predicted molar refractivity (Wildman–Crippen MR) is 90.5 cm³/mol. The summed E-state index contributed by atoms with van der Waals surface area (Å²) in [4.78, 5) is 15.0. The molecule has 24 heavy (non-hydrogen) atoms. The van der Waals surface area contributed by atoms with Gasteiger partial charge in [0, 0.05) is 18.8 Å². The highest BCUT2D eigenvalue weighted by atomic mass is 15.4. The molecule has 0 radical (unpaired) electrons. The molecular formula is C16H18N8. The number of rotatable bonds is 4. The van der Waals surface area contributed by atoms with E-state index < -0.39 is 0 Å². The first kappa shape index (κ1) is 14.4. The van der Waals surface area contributed by atoms with Crippen LogP contribution in [0.5, 0.6) is 0 Å². The van der Waals surface area contributed by atoms with Crippen LogP contribution < -0.4 is 5.73 Å². The van der Waals surface area contributed by atoms with Crippen LogP contribution in [0.4, 0.5) is 5.95 Å². The zero-order chi connectivity index (χ0) is 16.7. The molecule has 1 aromatic carbocycles. The molecule has 4 N–H and O–H groups in total. The van der Waals surface area contributed by atoms with Crippen molar-refractivity contribution in [3.05, 3.63) is 52.9 Å². The standard InChI is InChI=1S/C16H18N8/c1-9-3-13-14(4-10(9)2)21-15(20-13)8-24-7-12(22-23-24)5-11-6-18-16(17)19-11/h3-4,6-7H,5,8H2,1-2H3,(H,20,21)(H3,17,18,19). The monoisotopic (exact) mass is 322 g/mol. The fourth-order valence-electron chi connectivity index (χ4n) is 2.70. The molecule has 4 aromatic rings. The van der Waals surface area contributed by atoms with Crippen LogP contribution in [-0.4, -0.2) is 34.9 Å². The Labute approximate surface area is 138 Å². The summed E-state index contributed by atoms with van der Waals surface area (Å²) in [5.74, 6) is 1.26. The van der Waals surface area contributed by atoms with Crippen LogP contribution in [0.25, 0.3) is 11.0 Å². The van der Waals surface area contributed by atoms with Gasteiger partial charge in [0.2, 0.25) is 0 Å². The Hall–Kier alpha value is -3.16. The zero-order valence-electron chi connectivity index (χ0n) is 13.5. The number of hydrogen-bond donors (Lipinski definition) is 3. The molecule has 0 fully saturated rings. The van der Waals surface area contributed by atoms with Crippen molar-refractivity contribution in [3.63, 3.8) is 0 Å². The fourth-order valence-corrected chi connectivity index (χ4v) is 2.70. The van der Waals surface area contributed by atoms with Crippen LogP contribution in [0.3, 0.4) is 0 Å². The van der Waals surface area contributed by atoms with Gasteiger partial charge in [0.15, 0.2) is 5.95 Å². The maximum atomic E-state index is 5.58. The van der Waals surface area contributed by atoms with Gasteiger partial charge in [0.25, 0.3) is 0 Å². The highest BCUT2D eigenvalue weighted by Gasteiger charge is 2.09. The summed E-state index contributed by atoms with van der Waals surface area (Å²) in [6.45, 7) is 4.73. The van der Waals surface area contributed by atoms with Gasteiger partial charge in [-0.2, -0.15) is 0 Å². The van der Waals surface area contributed by atoms with E-state index in [9.17, 15) is 0 Å². The summed E-state index contributed by atoms with van der Waals surface area (Å²) in [5, 5.41) is 8.33. The normalized spacial score (nSPS) is 11.4. The number of benzene rings is 1. The number of H-pyrrole nitrogens is 2. The van der Waals surface area contributed by atoms with Gasteiger partial charge in [-0.25, -0.2) is 14.6 Å². The van der Waals surface area contributed by atoms with Crippen molar-refractivity contribution in [2.75, 3.05) is 5.73 Å². The molecule has 0 saturated heterocycles. The Kier molecular flexibility index (Phi) is 3.30. The molecule has 0 aliphatic carbocycles. The third kappa shape index (κ3) is 2.73. The average Bonchev–Trinajstić information content (AvgIpc) is 3.22. The molecule has 0 aliphatic heterocycles. The summed E-state index contributed by atoms with van der Waals surface area (Å²) in [6, 6.07) is 4.22. The van der Waals surface area contributed by atoms with Crippen molar-refractivity contribution in [2.24, 2.45) is 0 Å². The van der Waals surface area contributed by atoms with Crippen LogP contribution >= 0.6 is 0 Å². The van der Waals surface area contributed by atoms with E-state index in [2.05, 4.69) is 56.2 Å². The molecule has 0 saturated carbocycles. The Morgan fingerprint density at radius 3 is 2.75 bits per heavy atom. The van der Waals surface area contributed by atoms with Gasteiger partial charge in [-0.3, -0.25) is 0 Å². The number of aromatic amines is 2. The van der Waals surface area contributed by atoms with Crippen LogP contribution in [0, 0.1) is 13.8 Å². The van der Waals surface area contributed by atoms with E-state index in [1.165, 1.54) is 11.1 Å². The van der Waals surface area contributed by atoms with Crippen molar-refractivity contribution >= 4 is 17.0 Å². The average molecular weight is 322 g/mol. The van der Waals surface area contributed by atoms with Gasteiger partial charge in [0.05, 0.1) is 22.4 Å². The number of fused-ring (bicyclic) bond motifs is 1. The van der Waals surface area contributed by atoms with E-state index in [1.54, 1.807) is 10.9 Å². The summed E-state index contributed by atoms with van der Waals surface area (Å²) in [6.07, 6.45) is 4.26. The summed E-state index contributed by atoms with van der Waals surface area (Å²) < 4.78 is 1.77. The molecule has 0 spiro atoms. The number of nitrogen functional groups attached to an aromatic ring is 1. The largest absolute Gasteiger partial charge is 0.369 e. The molecule has 0 atom stereocenters. The van der Waals surface area contributed by atoms with Crippen LogP contribution in [0.2, 0.25) is 0 Å². The van der Waals surface area contributed by atoms with Gasteiger partial charge < -0.3 is 15.7 Å². The minimum absolute atomic E-state index is 0.408. The second kappa shape index (κ2) is 5.48. The highest BCUT2D eigenvalue weighted by molar-refractivity contribution is 5.77. The number of hydrogen-bond acceptors (Lipinski definition) is 5. The van der Waals surface area contributed by atoms with Gasteiger partial charge in [-0.1, -0.05) is 5.21 Å². The lowest BCUT2D eigenvalue weighted by Gasteiger charge is -1.97. The molecule has 3 heterocycles. The van der Waals surface area contributed by atoms with Crippen molar-refractivity contribution < 1.29 is 0 Å². The number of imidazole rings is 2. The van der Waals surface area contributed by atoms with E-state index in [1.807, 2.05) is 6.20 Å². The third-order valence-corrected chi connectivity index (χ3v) is 4.06. The first-order valence-corrected chi connectivity index (χ1v) is 7.71. The van der Waals surface area contributed by atoms with E-state index in [0.717, 1.165) is 28.2 Å². The number of nitrogens with one attached hydrogen (secondary N) is 2. The Bertz CT molecular complexity index is 967. The Morgan fingerprint density at radius 2 is 1.96 bits per heavy atom. The minimum atomic E-state index is 0.408. The number of aryl methyl sites for hydroxylation is 2. The molecular weight excluding hydrogens is 304 g/mol. The van der Waals surface area contributed by atoms with Crippen LogP contribution in [-0.2, 0) is 13.0 Å². The van der Waals surface area contributed by atoms with E-state index in [0.29, 0.717) is 18.9 Å². The van der Waals surface area contributed by atoms with Crippen molar-refractivity contribution in [2.45, 2.75) is 26.8 Å². The number of aromatic nitrogens is 7. The second-order valence-electron chi connectivity index (χ2n) is 6.00. The molecule has 3 aromatic heterocycles. The quantitative estimate of drug-likeness (QED) is 0.529. The Balaban J connectivity index is 1.53. The maximum absolute atomic E-state index is 5.58. The lowest BCUT2D eigenvalue weighted by Crippen LogP contribution is -2.02. The van der Waals surface area contributed by atoms with Crippen molar-refractivity contribution in [3.8, 4) is 0 Å². The molecule has 0 aliphatic rings. The van der Waals surface area contributed by atoms with Gasteiger partial charge in [-0.05, 0) is 37.1 Å². The van der Waals surface area contributed by atoms with Crippen LogP contribution in [0.15, 0.2) is 24.5 Å². The van der Waals surface area contributed by atoms with Gasteiger partial charge in [-0.15, -0.1) is 5.10 Å². The summed E-state index contributed by atoms with van der Waals surface area (Å²) >= 11 is 0. The zero-order valence-corrected chi connectivity index (χ0v) is 13.5. The fraction of sp³-hybridized carbons (Fsp3) is 0.250. The Morgan fingerprint density at radius 1 is 1.12 bits per heavy atom. The SMILES string of the molecule is Cc1cc2nc(Cn3cc(Cc4c[nH]c(N)n4)nn3)[nH]c2cc1C. The first-order valence-electron chi connectivity index (χ1n) is 7.71. The van der Waals surface area contributed by atoms with Gasteiger partial charge in [0.1, 0.15) is 12.4 Å². The number of nitrogens with two attached hydrogens (primary N) is 1. The lowest BCUT2D eigenvalue weighted by molar-refractivity contribution is 0.630. The van der Waals surface area contributed by atoms with E-state index in [4.69, 9.17) is 5.73 Å². The van der Waals surface area contributed by atoms with Crippen molar-refractivity contribution in [1.29, 1.82) is 0 Å². The topological polar surface area (TPSA) is 114 Å². The highest BCUT2D eigenvalue weighted by Crippen LogP contribution is 2.17. The molecule has 0 bridgehead atoms. The predicted octanol–water partition coefficient (Wildman–Crippen LogP) is 1.72. The number of anilines is 1. The van der Waals surface area contributed by atoms with E-state index in [-0.39, 0.29) is 0 Å². The van der Waals surface area contributed by atoms with Crippen molar-refractivity contribution in [1.82, 2.24) is 34.9 Å². The molecule has 8 heteroatoms. The lowest BCUT2D eigenvalue weighted by atomic mass is 10.1. The van der Waals surface area contributed by atoms with E-state index >= 15 is 0 Å². The minimum Gasteiger partial charge on any atom is -0.369 e. The molecule has 0 amide bonds. The number of nitrogens with zero attached hydrogens (tertiary/aromatic N) is 5. The summed E-state index contributed by atoms with van der Waals surface area (Å²) in [7, 11) is 0. The maximum Gasteiger partial charge on any atom is 0.197 e. The molecule has 4 rings (SSSR count). The van der Waals surface area contributed by atoms with Crippen LogP contribution in [0.1, 0.15) is 28.3 Å². The smallest absolute Gasteiger partial charge is 0.197 e. The first-order chi connectivity index (χ1) is 11.6. The molecule has 122 valence electrons. The van der Waals surface area contributed by atoms with Gasteiger partial charge >= 0.3 is 0 Å². The third-order valence-electron chi connectivity index (χ3n) is 4.06. The molecule has 0 unspecified atom stereocenters. The molecule has 8 nitrogen and oxygen atoms in total. The second-order valence-corrected chi connectivity index (χ2v) is 6.00. The summed E-state index contributed by atoms with van der Waals surface area (Å²) in [5.41, 5.74) is 11.8.